The van der Waals surface area contributed by atoms with Gasteiger partial charge in [0.05, 0.1) is 5.69 Å². The molecule has 0 aliphatic heterocycles. The molecule has 3 aromatic rings. The first kappa shape index (κ1) is 12.7. The average molecular weight is 273 g/mol. The van der Waals surface area contributed by atoms with Gasteiger partial charge in [-0.2, -0.15) is 0 Å². The molecule has 20 heavy (non-hydrogen) atoms. The minimum atomic E-state index is -0.294. The molecule has 0 N–H and O–H groups in total. The number of halogens is 2. The summed E-state index contributed by atoms with van der Waals surface area (Å²) in [6.45, 7) is 0.346. The number of rotatable bonds is 3. The van der Waals surface area contributed by atoms with Gasteiger partial charge in [-0.1, -0.05) is 0 Å². The Bertz CT molecular complexity index is 747. The summed E-state index contributed by atoms with van der Waals surface area (Å²) in [4.78, 5) is 0. The van der Waals surface area contributed by atoms with Crippen LogP contribution in [0.15, 0.2) is 48.5 Å². The Labute approximate surface area is 115 Å². The Morgan fingerprint density at radius 3 is 2.40 bits per heavy atom. The van der Waals surface area contributed by atoms with E-state index in [0.717, 1.165) is 16.6 Å². The minimum Gasteiger partial charge on any atom is -0.487 e. The Morgan fingerprint density at radius 2 is 1.65 bits per heavy atom. The number of hydrogen-bond donors (Lipinski definition) is 0. The number of aryl methyl sites for hydroxylation is 1. The van der Waals surface area contributed by atoms with Gasteiger partial charge in [0.1, 0.15) is 24.0 Å². The van der Waals surface area contributed by atoms with Crippen molar-refractivity contribution in [2.24, 2.45) is 7.05 Å². The van der Waals surface area contributed by atoms with Gasteiger partial charge in [-0.05, 0) is 48.5 Å². The van der Waals surface area contributed by atoms with E-state index in [1.54, 1.807) is 18.2 Å². The molecule has 4 heteroatoms. The third kappa shape index (κ3) is 2.37. The van der Waals surface area contributed by atoms with Crippen LogP contribution in [0.25, 0.3) is 10.9 Å². The molecule has 0 amide bonds. The monoisotopic (exact) mass is 273 g/mol. The summed E-state index contributed by atoms with van der Waals surface area (Å²) in [5.74, 6) is 0.0503. The summed E-state index contributed by atoms with van der Waals surface area (Å²) in [7, 11) is 1.91. The van der Waals surface area contributed by atoms with Crippen LogP contribution >= 0.6 is 0 Å². The fourth-order valence-electron chi connectivity index (χ4n) is 2.20. The number of ether oxygens (including phenoxy) is 1. The van der Waals surface area contributed by atoms with Crippen LogP contribution in [-0.4, -0.2) is 4.57 Å². The first-order valence-corrected chi connectivity index (χ1v) is 6.26. The van der Waals surface area contributed by atoms with E-state index in [4.69, 9.17) is 4.74 Å². The van der Waals surface area contributed by atoms with Gasteiger partial charge in [0, 0.05) is 18.0 Å². The van der Waals surface area contributed by atoms with E-state index in [1.807, 2.05) is 17.7 Å². The lowest BCUT2D eigenvalue weighted by Crippen LogP contribution is -2.01. The lowest BCUT2D eigenvalue weighted by molar-refractivity contribution is 0.297. The molecule has 102 valence electrons. The van der Waals surface area contributed by atoms with Crippen LogP contribution < -0.4 is 4.74 Å². The van der Waals surface area contributed by atoms with Crippen molar-refractivity contribution in [1.82, 2.24) is 4.57 Å². The molecular formula is C16H13F2NO. The molecule has 0 atom stereocenters. The van der Waals surface area contributed by atoms with Crippen molar-refractivity contribution in [2.45, 2.75) is 6.61 Å². The van der Waals surface area contributed by atoms with E-state index in [1.165, 1.54) is 24.3 Å². The van der Waals surface area contributed by atoms with E-state index in [0.29, 0.717) is 12.4 Å². The standard InChI is InChI=1S/C16H13F2NO/c1-19-14(9-11-8-13(18)4-7-16(11)19)10-20-15-5-2-12(17)3-6-15/h2-9H,10H2,1H3. The van der Waals surface area contributed by atoms with Crippen LogP contribution in [0, 0.1) is 11.6 Å². The minimum absolute atomic E-state index is 0.255. The lowest BCUT2D eigenvalue weighted by atomic mass is 10.2. The fraction of sp³-hybridized carbons (Fsp3) is 0.125. The van der Waals surface area contributed by atoms with E-state index < -0.39 is 0 Å². The van der Waals surface area contributed by atoms with Crippen LogP contribution in [-0.2, 0) is 13.7 Å². The third-order valence-corrected chi connectivity index (χ3v) is 3.30. The third-order valence-electron chi connectivity index (χ3n) is 3.30. The average Bonchev–Trinajstić information content (AvgIpc) is 2.74. The van der Waals surface area contributed by atoms with Gasteiger partial charge in [0.2, 0.25) is 0 Å². The molecule has 0 saturated heterocycles. The molecule has 0 bridgehead atoms. The van der Waals surface area contributed by atoms with Crippen LogP contribution in [0.3, 0.4) is 0 Å². The van der Waals surface area contributed by atoms with Crippen molar-refractivity contribution in [1.29, 1.82) is 0 Å². The second-order valence-corrected chi connectivity index (χ2v) is 4.64. The van der Waals surface area contributed by atoms with E-state index in [-0.39, 0.29) is 11.6 Å². The zero-order chi connectivity index (χ0) is 14.1. The highest BCUT2D eigenvalue weighted by Crippen LogP contribution is 2.21. The number of hydrogen-bond acceptors (Lipinski definition) is 1. The molecule has 2 aromatic carbocycles. The second kappa shape index (κ2) is 4.96. The SMILES string of the molecule is Cn1c(COc2ccc(F)cc2)cc2cc(F)ccc21. The highest BCUT2D eigenvalue weighted by molar-refractivity contribution is 5.81. The normalized spacial score (nSPS) is 10.9. The summed E-state index contributed by atoms with van der Waals surface area (Å²) >= 11 is 0. The molecule has 0 spiro atoms. The van der Waals surface area contributed by atoms with Crippen molar-refractivity contribution in [3.8, 4) is 5.75 Å². The van der Waals surface area contributed by atoms with Crippen LogP contribution in [0.4, 0.5) is 8.78 Å². The molecule has 2 nitrogen and oxygen atoms in total. The van der Waals surface area contributed by atoms with Crippen molar-refractivity contribution in [3.05, 3.63) is 65.9 Å². The number of nitrogens with zero attached hydrogens (tertiary/aromatic N) is 1. The molecular weight excluding hydrogens is 260 g/mol. The summed E-state index contributed by atoms with van der Waals surface area (Å²) in [5.41, 5.74) is 1.87. The highest BCUT2D eigenvalue weighted by Gasteiger charge is 2.07. The van der Waals surface area contributed by atoms with E-state index in [9.17, 15) is 8.78 Å². The van der Waals surface area contributed by atoms with Gasteiger partial charge in [0.25, 0.3) is 0 Å². The molecule has 3 rings (SSSR count). The summed E-state index contributed by atoms with van der Waals surface area (Å²) in [5, 5.41) is 0.838. The predicted octanol–water partition coefficient (Wildman–Crippen LogP) is 4.04. The van der Waals surface area contributed by atoms with Crippen LogP contribution in [0.2, 0.25) is 0 Å². The lowest BCUT2D eigenvalue weighted by Gasteiger charge is -2.07. The zero-order valence-electron chi connectivity index (χ0n) is 10.9. The maximum Gasteiger partial charge on any atom is 0.128 e. The molecule has 0 aliphatic rings. The predicted molar refractivity (Wildman–Crippen MR) is 73.6 cm³/mol. The first-order valence-electron chi connectivity index (χ1n) is 6.26. The van der Waals surface area contributed by atoms with Gasteiger partial charge in [-0.25, -0.2) is 8.78 Å². The summed E-state index contributed by atoms with van der Waals surface area (Å²) < 4.78 is 33.5. The number of aromatic nitrogens is 1. The highest BCUT2D eigenvalue weighted by atomic mass is 19.1. The summed E-state index contributed by atoms with van der Waals surface area (Å²) in [6.07, 6.45) is 0. The molecule has 0 saturated carbocycles. The maximum absolute atomic E-state index is 13.2. The first-order chi connectivity index (χ1) is 9.63. The number of fused-ring (bicyclic) bond motifs is 1. The molecule has 0 unspecified atom stereocenters. The van der Waals surface area contributed by atoms with E-state index in [2.05, 4.69) is 0 Å². The molecule has 1 aromatic heterocycles. The van der Waals surface area contributed by atoms with Crippen molar-refractivity contribution in [2.75, 3.05) is 0 Å². The maximum atomic E-state index is 13.2. The second-order valence-electron chi connectivity index (χ2n) is 4.64. The zero-order valence-corrected chi connectivity index (χ0v) is 10.9. The Kier molecular flexibility index (Phi) is 3.14. The van der Waals surface area contributed by atoms with Crippen molar-refractivity contribution < 1.29 is 13.5 Å². The smallest absolute Gasteiger partial charge is 0.128 e. The van der Waals surface area contributed by atoms with Gasteiger partial charge >= 0.3 is 0 Å². The topological polar surface area (TPSA) is 14.2 Å². The molecule has 0 aliphatic carbocycles. The van der Waals surface area contributed by atoms with Gasteiger partial charge in [-0.3, -0.25) is 0 Å². The molecule has 1 heterocycles. The van der Waals surface area contributed by atoms with Gasteiger partial charge in [0.15, 0.2) is 0 Å². The van der Waals surface area contributed by atoms with Crippen molar-refractivity contribution in [3.63, 3.8) is 0 Å². The quantitative estimate of drug-likeness (QED) is 0.702. The molecule has 0 fully saturated rings. The molecule has 0 radical (unpaired) electrons. The largest absolute Gasteiger partial charge is 0.487 e. The van der Waals surface area contributed by atoms with Gasteiger partial charge in [-0.15, -0.1) is 0 Å². The Hall–Kier alpha value is -2.36. The fourth-order valence-corrected chi connectivity index (χ4v) is 2.20. The Morgan fingerprint density at radius 1 is 0.950 bits per heavy atom. The van der Waals surface area contributed by atoms with Crippen molar-refractivity contribution >= 4 is 10.9 Å². The van der Waals surface area contributed by atoms with Gasteiger partial charge < -0.3 is 9.30 Å². The summed E-state index contributed by atoms with van der Waals surface area (Å²) in [6, 6.07) is 12.4. The van der Waals surface area contributed by atoms with E-state index >= 15 is 0 Å². The number of benzene rings is 2. The van der Waals surface area contributed by atoms with Crippen LogP contribution in [0.5, 0.6) is 5.75 Å². The Balaban J connectivity index is 1.84. The van der Waals surface area contributed by atoms with Crippen LogP contribution in [0.1, 0.15) is 5.69 Å².